The maximum atomic E-state index is 9.76. The summed E-state index contributed by atoms with van der Waals surface area (Å²) in [4.78, 5) is 9.76. The summed E-state index contributed by atoms with van der Waals surface area (Å²) in [5.74, 6) is 0. The van der Waals surface area contributed by atoms with E-state index in [1.807, 2.05) is 87.1 Å². The minimum atomic E-state index is 0.365. The van der Waals surface area contributed by atoms with Crippen LogP contribution in [0.3, 0.4) is 0 Å². The molecule has 2 aromatic heterocycles. The first-order valence-electron chi connectivity index (χ1n) is 7.97. The van der Waals surface area contributed by atoms with Gasteiger partial charge in [-0.3, -0.25) is 4.79 Å². The van der Waals surface area contributed by atoms with E-state index in [9.17, 15) is 4.79 Å². The molecule has 5 heteroatoms. The Bertz CT molecular complexity index is 724. The summed E-state index contributed by atoms with van der Waals surface area (Å²) < 4.78 is 6.42. The van der Waals surface area contributed by atoms with Gasteiger partial charge < -0.3 is 10.1 Å². The van der Waals surface area contributed by atoms with Gasteiger partial charge in [0.15, 0.2) is 0 Å². The molecule has 3 aromatic rings. The van der Waals surface area contributed by atoms with Crippen LogP contribution >= 0.6 is 0 Å². The van der Waals surface area contributed by atoms with E-state index in [1.165, 1.54) is 0 Å². The molecule has 0 aliphatic heterocycles. The van der Waals surface area contributed by atoms with Gasteiger partial charge in [-0.05, 0) is 24.6 Å². The molecule has 0 saturated carbocycles. The predicted octanol–water partition coefficient (Wildman–Crippen LogP) is 4.07. The van der Waals surface area contributed by atoms with Gasteiger partial charge in [-0.25, -0.2) is 4.52 Å². The van der Waals surface area contributed by atoms with Crippen molar-refractivity contribution in [2.75, 3.05) is 12.4 Å². The van der Waals surface area contributed by atoms with Crippen molar-refractivity contribution in [3.8, 4) is 0 Å². The molecule has 1 aromatic carbocycles. The van der Waals surface area contributed by atoms with E-state index in [1.54, 1.807) is 0 Å². The molecule has 1 N–H and O–H groups in total. The van der Waals surface area contributed by atoms with Crippen molar-refractivity contribution in [2.45, 2.75) is 27.4 Å². The molecule has 0 aliphatic carbocycles. The van der Waals surface area contributed by atoms with Crippen molar-refractivity contribution in [3.05, 3.63) is 66.0 Å². The van der Waals surface area contributed by atoms with E-state index in [-0.39, 0.29) is 0 Å². The number of carbonyl (C=O) groups excluding carboxylic acids is 1. The summed E-state index contributed by atoms with van der Waals surface area (Å²) in [7, 11) is 1.91. The van der Waals surface area contributed by atoms with Crippen molar-refractivity contribution < 1.29 is 9.53 Å². The number of nitrogens with zero attached hydrogens (tertiary/aromatic N) is 2. The van der Waals surface area contributed by atoms with Gasteiger partial charge in [-0.15, -0.1) is 0 Å². The van der Waals surface area contributed by atoms with Crippen molar-refractivity contribution in [1.82, 2.24) is 9.61 Å². The number of aryl methyl sites for hydroxylation is 1. The number of hydrogen-bond donors (Lipinski definition) is 1. The second-order valence-electron chi connectivity index (χ2n) is 4.63. The average molecular weight is 327 g/mol. The van der Waals surface area contributed by atoms with Gasteiger partial charge in [0.1, 0.15) is 6.61 Å². The van der Waals surface area contributed by atoms with Crippen LogP contribution in [-0.4, -0.2) is 23.1 Å². The second kappa shape index (κ2) is 10.8. The number of rotatable bonds is 4. The Morgan fingerprint density at radius 3 is 2.42 bits per heavy atom. The van der Waals surface area contributed by atoms with Crippen molar-refractivity contribution >= 4 is 17.7 Å². The molecule has 5 nitrogen and oxygen atoms in total. The lowest BCUT2D eigenvalue weighted by atomic mass is 10.2. The molecule has 0 aliphatic rings. The number of hydrogen-bond acceptors (Lipinski definition) is 4. The number of anilines is 1. The summed E-state index contributed by atoms with van der Waals surface area (Å²) in [5.41, 5.74) is 4.27. The molecule has 0 unspecified atom stereocenters. The van der Waals surface area contributed by atoms with Crippen LogP contribution in [0.25, 0.3) is 5.52 Å². The van der Waals surface area contributed by atoms with E-state index < -0.39 is 0 Å². The molecule has 0 radical (unpaired) electrons. The smallest absolute Gasteiger partial charge is 0.293 e. The molecule has 0 saturated heterocycles. The topological polar surface area (TPSA) is 55.6 Å². The van der Waals surface area contributed by atoms with E-state index in [0.717, 1.165) is 22.5 Å². The maximum absolute atomic E-state index is 9.76. The molecule has 0 amide bonds. The first-order valence-corrected chi connectivity index (χ1v) is 7.97. The number of fused-ring (bicyclic) bond motifs is 1. The first kappa shape index (κ1) is 19.2. The lowest BCUT2D eigenvalue weighted by molar-refractivity contribution is -0.129. The van der Waals surface area contributed by atoms with Crippen molar-refractivity contribution in [1.29, 1.82) is 0 Å². The quantitative estimate of drug-likeness (QED) is 0.734. The van der Waals surface area contributed by atoms with E-state index >= 15 is 0 Å². The standard InChI is InChI=1S/C9H11N3.C8H8O2.C2H6/c1-7-9(10-2)8-5-3-4-6-12(8)11-7;9-7-10-6-8-4-2-1-3-5-8;1-2/h3-6,10H,1-2H3;1-5,7H,6H2;1-2H3. The molecule has 0 bridgehead atoms. The van der Waals surface area contributed by atoms with Crippen LogP contribution in [0.1, 0.15) is 25.1 Å². The minimum absolute atomic E-state index is 0.365. The van der Waals surface area contributed by atoms with Gasteiger partial charge in [0, 0.05) is 13.2 Å². The SMILES string of the molecule is CC.CNc1c(C)nn2ccccc12.O=COCc1ccccc1. The minimum Gasteiger partial charge on any atom is -0.463 e. The lowest BCUT2D eigenvalue weighted by Crippen LogP contribution is -1.88. The number of nitrogens with one attached hydrogen (secondary N) is 1. The third-order valence-electron chi connectivity index (χ3n) is 3.13. The largest absolute Gasteiger partial charge is 0.463 e. The molecule has 0 spiro atoms. The van der Waals surface area contributed by atoms with Gasteiger partial charge in [-0.1, -0.05) is 50.2 Å². The Kier molecular flexibility index (Phi) is 8.68. The van der Waals surface area contributed by atoms with Gasteiger partial charge in [0.05, 0.1) is 16.9 Å². The van der Waals surface area contributed by atoms with E-state index in [2.05, 4.69) is 15.2 Å². The van der Waals surface area contributed by atoms with Crippen LogP contribution in [-0.2, 0) is 16.1 Å². The van der Waals surface area contributed by atoms with E-state index in [4.69, 9.17) is 0 Å². The highest BCUT2D eigenvalue weighted by Crippen LogP contribution is 2.19. The van der Waals surface area contributed by atoms with Crippen LogP contribution in [0, 0.1) is 6.92 Å². The molecular weight excluding hydrogens is 302 g/mol. The van der Waals surface area contributed by atoms with Crippen molar-refractivity contribution in [2.24, 2.45) is 0 Å². The van der Waals surface area contributed by atoms with Crippen molar-refractivity contribution in [3.63, 3.8) is 0 Å². The molecule has 0 atom stereocenters. The van der Waals surface area contributed by atoms with Crippen LogP contribution < -0.4 is 5.32 Å². The van der Waals surface area contributed by atoms with Crippen LogP contribution in [0.4, 0.5) is 5.69 Å². The van der Waals surface area contributed by atoms with Crippen LogP contribution in [0.2, 0.25) is 0 Å². The number of ether oxygens (including phenoxy) is 1. The molecule has 24 heavy (non-hydrogen) atoms. The first-order chi connectivity index (χ1) is 11.8. The molecule has 2 heterocycles. The number of benzene rings is 1. The van der Waals surface area contributed by atoms with Gasteiger partial charge >= 0.3 is 0 Å². The van der Waals surface area contributed by atoms with Gasteiger partial charge in [-0.2, -0.15) is 5.10 Å². The summed E-state index contributed by atoms with van der Waals surface area (Å²) in [6.45, 7) is 6.82. The van der Waals surface area contributed by atoms with Crippen LogP contribution in [0.15, 0.2) is 54.7 Å². The predicted molar refractivity (Wildman–Crippen MR) is 98.1 cm³/mol. The highest BCUT2D eigenvalue weighted by Gasteiger charge is 2.04. The third kappa shape index (κ3) is 5.43. The fourth-order valence-electron chi connectivity index (χ4n) is 2.13. The Labute approximate surface area is 143 Å². The summed E-state index contributed by atoms with van der Waals surface area (Å²) in [5, 5.41) is 7.47. The monoisotopic (exact) mass is 327 g/mol. The lowest BCUT2D eigenvalue weighted by Gasteiger charge is -1.96. The maximum Gasteiger partial charge on any atom is 0.293 e. The zero-order valence-corrected chi connectivity index (χ0v) is 14.7. The number of aromatic nitrogens is 2. The molecule has 3 rings (SSSR count). The van der Waals surface area contributed by atoms with Gasteiger partial charge in [0.2, 0.25) is 0 Å². The Balaban J connectivity index is 0.000000221. The fourth-order valence-corrected chi connectivity index (χ4v) is 2.13. The highest BCUT2D eigenvalue weighted by atomic mass is 16.5. The second-order valence-corrected chi connectivity index (χ2v) is 4.63. The molecule has 0 fully saturated rings. The highest BCUT2D eigenvalue weighted by molar-refractivity contribution is 5.73. The summed E-state index contributed by atoms with van der Waals surface area (Å²) >= 11 is 0. The molecular formula is C19H25N3O2. The van der Waals surface area contributed by atoms with E-state index in [0.29, 0.717) is 13.1 Å². The third-order valence-corrected chi connectivity index (χ3v) is 3.13. The Morgan fingerprint density at radius 1 is 1.12 bits per heavy atom. The zero-order chi connectivity index (χ0) is 17.8. The number of carbonyl (C=O) groups is 1. The fraction of sp³-hybridized carbons (Fsp3) is 0.263. The Morgan fingerprint density at radius 2 is 1.79 bits per heavy atom. The number of pyridine rings is 1. The summed E-state index contributed by atoms with van der Waals surface area (Å²) in [6, 6.07) is 15.6. The normalized spacial score (nSPS) is 9.17. The zero-order valence-electron chi connectivity index (χ0n) is 14.7. The average Bonchev–Trinajstić information content (AvgIpc) is 2.98. The molecule has 128 valence electrons. The Hall–Kier alpha value is -2.82. The van der Waals surface area contributed by atoms with Gasteiger partial charge in [0.25, 0.3) is 6.47 Å². The summed E-state index contributed by atoms with van der Waals surface area (Å²) in [6.07, 6.45) is 1.95. The van der Waals surface area contributed by atoms with Crippen LogP contribution in [0.5, 0.6) is 0 Å².